The van der Waals surface area contributed by atoms with E-state index in [0.717, 1.165) is 0 Å². The number of amides is 1. The summed E-state index contributed by atoms with van der Waals surface area (Å²) >= 11 is 0. The van der Waals surface area contributed by atoms with Gasteiger partial charge in [-0.1, -0.05) is 0 Å². The van der Waals surface area contributed by atoms with Crippen LogP contribution in [0.15, 0.2) is 0 Å². The van der Waals surface area contributed by atoms with E-state index < -0.39 is 18.5 Å². The van der Waals surface area contributed by atoms with E-state index in [1.807, 2.05) is 0 Å². The Kier molecular flexibility index (Phi) is 5.05. The van der Waals surface area contributed by atoms with E-state index in [1.54, 1.807) is 0 Å². The number of aliphatic carboxylic acids is 1. The quantitative estimate of drug-likeness (QED) is 0.279. The van der Waals surface area contributed by atoms with Gasteiger partial charge in [0.2, 0.25) is 0 Å². The van der Waals surface area contributed by atoms with E-state index >= 15 is 0 Å². The SMILES string of the molecule is O=C(O)CCNNC(=O)CO. The number of carbonyl (C=O) groups is 2. The molecular formula is C5H10N2O4. The van der Waals surface area contributed by atoms with Crippen LogP contribution in [-0.4, -0.2) is 35.2 Å². The average Bonchev–Trinajstić information content (AvgIpc) is 1.97. The van der Waals surface area contributed by atoms with Gasteiger partial charge < -0.3 is 10.2 Å². The van der Waals surface area contributed by atoms with Gasteiger partial charge in [0.05, 0.1) is 6.42 Å². The molecule has 0 fully saturated rings. The molecule has 0 unspecified atom stereocenters. The monoisotopic (exact) mass is 162 g/mol. The Morgan fingerprint density at radius 3 is 2.45 bits per heavy atom. The molecule has 0 atom stereocenters. The van der Waals surface area contributed by atoms with Gasteiger partial charge in [0.25, 0.3) is 5.91 Å². The molecule has 0 heterocycles. The van der Waals surface area contributed by atoms with Crippen molar-refractivity contribution in [1.29, 1.82) is 0 Å². The Labute approximate surface area is 63.2 Å². The Morgan fingerprint density at radius 1 is 1.36 bits per heavy atom. The van der Waals surface area contributed by atoms with Crippen LogP contribution in [0, 0.1) is 0 Å². The molecule has 4 N–H and O–H groups in total. The lowest BCUT2D eigenvalue weighted by Gasteiger charge is -2.02. The maximum atomic E-state index is 10.3. The van der Waals surface area contributed by atoms with Gasteiger partial charge in [0.1, 0.15) is 6.61 Å². The maximum absolute atomic E-state index is 10.3. The molecule has 0 aliphatic rings. The zero-order valence-electron chi connectivity index (χ0n) is 5.83. The molecule has 1 amide bonds. The minimum Gasteiger partial charge on any atom is -0.481 e. The summed E-state index contributed by atoms with van der Waals surface area (Å²) in [5.74, 6) is -1.54. The van der Waals surface area contributed by atoms with Gasteiger partial charge in [-0.2, -0.15) is 0 Å². The van der Waals surface area contributed by atoms with Crippen molar-refractivity contribution in [2.45, 2.75) is 6.42 Å². The molecule has 0 aliphatic carbocycles. The van der Waals surface area contributed by atoms with Gasteiger partial charge in [-0.3, -0.25) is 15.0 Å². The molecule has 0 saturated heterocycles. The molecule has 11 heavy (non-hydrogen) atoms. The van der Waals surface area contributed by atoms with Crippen molar-refractivity contribution in [2.75, 3.05) is 13.2 Å². The van der Waals surface area contributed by atoms with Crippen LogP contribution in [0.3, 0.4) is 0 Å². The first-order valence-electron chi connectivity index (χ1n) is 3.01. The number of aliphatic hydroxyl groups is 1. The highest BCUT2D eigenvalue weighted by molar-refractivity contribution is 5.76. The zero-order valence-corrected chi connectivity index (χ0v) is 5.83. The van der Waals surface area contributed by atoms with Crippen LogP contribution in [0.25, 0.3) is 0 Å². The molecule has 6 heteroatoms. The number of hydrogen-bond donors (Lipinski definition) is 4. The lowest BCUT2D eigenvalue weighted by atomic mass is 10.4. The summed E-state index contributed by atoms with van der Waals surface area (Å²) in [5.41, 5.74) is 4.41. The van der Waals surface area contributed by atoms with E-state index in [-0.39, 0.29) is 13.0 Å². The summed E-state index contributed by atoms with van der Waals surface area (Å²) in [5, 5.41) is 16.3. The van der Waals surface area contributed by atoms with Crippen molar-refractivity contribution in [2.24, 2.45) is 0 Å². The van der Waals surface area contributed by atoms with Crippen LogP contribution in [-0.2, 0) is 9.59 Å². The van der Waals surface area contributed by atoms with Crippen molar-refractivity contribution in [3.8, 4) is 0 Å². The van der Waals surface area contributed by atoms with Gasteiger partial charge in [-0.15, -0.1) is 0 Å². The predicted octanol–water partition coefficient (Wildman–Crippen LogP) is -1.93. The fraction of sp³-hybridized carbons (Fsp3) is 0.600. The molecule has 0 spiro atoms. The second-order valence-corrected chi connectivity index (χ2v) is 1.78. The first kappa shape index (κ1) is 9.86. The molecule has 0 aromatic heterocycles. The third kappa shape index (κ3) is 6.75. The summed E-state index contributed by atoms with van der Waals surface area (Å²) in [7, 11) is 0. The smallest absolute Gasteiger partial charge is 0.304 e. The maximum Gasteiger partial charge on any atom is 0.304 e. The molecule has 0 saturated carbocycles. The topological polar surface area (TPSA) is 98.7 Å². The van der Waals surface area contributed by atoms with Crippen molar-refractivity contribution in [3.63, 3.8) is 0 Å². The molecule has 6 nitrogen and oxygen atoms in total. The second kappa shape index (κ2) is 5.63. The van der Waals surface area contributed by atoms with Gasteiger partial charge in [0, 0.05) is 6.54 Å². The molecule has 0 rings (SSSR count). The summed E-state index contributed by atoms with van der Waals surface area (Å²) in [6, 6.07) is 0. The van der Waals surface area contributed by atoms with Crippen LogP contribution in [0.4, 0.5) is 0 Å². The lowest BCUT2D eigenvalue weighted by Crippen LogP contribution is -2.40. The van der Waals surface area contributed by atoms with Crippen molar-refractivity contribution >= 4 is 11.9 Å². The van der Waals surface area contributed by atoms with Gasteiger partial charge >= 0.3 is 5.97 Å². The number of rotatable bonds is 5. The highest BCUT2D eigenvalue weighted by Crippen LogP contribution is 1.72. The highest BCUT2D eigenvalue weighted by atomic mass is 16.4. The van der Waals surface area contributed by atoms with Crippen molar-refractivity contribution in [1.82, 2.24) is 10.9 Å². The molecular weight excluding hydrogens is 152 g/mol. The lowest BCUT2D eigenvalue weighted by molar-refractivity contribution is -0.137. The standard InChI is InChI=1S/C5H10N2O4/c8-3-4(9)7-6-2-1-5(10)11/h6,8H,1-3H2,(H,7,9)(H,10,11). The Balaban J connectivity index is 3.14. The summed E-state index contributed by atoms with van der Waals surface area (Å²) < 4.78 is 0. The number of carbonyl (C=O) groups excluding carboxylic acids is 1. The number of hydrogen-bond acceptors (Lipinski definition) is 4. The van der Waals surface area contributed by atoms with Gasteiger partial charge in [-0.25, -0.2) is 5.43 Å². The predicted molar refractivity (Wildman–Crippen MR) is 35.5 cm³/mol. The first-order valence-corrected chi connectivity index (χ1v) is 3.01. The fourth-order valence-corrected chi connectivity index (χ4v) is 0.370. The van der Waals surface area contributed by atoms with Crippen LogP contribution < -0.4 is 10.9 Å². The second-order valence-electron chi connectivity index (χ2n) is 1.78. The molecule has 0 aromatic rings. The van der Waals surface area contributed by atoms with Gasteiger partial charge in [0.15, 0.2) is 0 Å². The first-order chi connectivity index (χ1) is 5.16. The van der Waals surface area contributed by atoms with E-state index in [0.29, 0.717) is 0 Å². The molecule has 0 radical (unpaired) electrons. The normalized spacial score (nSPS) is 9.18. The van der Waals surface area contributed by atoms with E-state index in [4.69, 9.17) is 10.2 Å². The number of nitrogens with one attached hydrogen (secondary N) is 2. The third-order valence-corrected chi connectivity index (χ3v) is 0.835. The highest BCUT2D eigenvalue weighted by Gasteiger charge is 1.97. The van der Waals surface area contributed by atoms with Crippen molar-refractivity contribution < 1.29 is 19.8 Å². The largest absolute Gasteiger partial charge is 0.481 e. The summed E-state index contributed by atoms with van der Waals surface area (Å²) in [6.45, 7) is -0.471. The number of carboxylic acid groups (broad SMARTS) is 1. The Morgan fingerprint density at radius 2 is 2.00 bits per heavy atom. The van der Waals surface area contributed by atoms with E-state index in [9.17, 15) is 9.59 Å². The Bertz CT molecular complexity index is 147. The summed E-state index contributed by atoms with van der Waals surface area (Å²) in [6.07, 6.45) is -0.0777. The van der Waals surface area contributed by atoms with Crippen LogP contribution in [0.5, 0.6) is 0 Å². The minimum absolute atomic E-state index is 0.0777. The summed E-state index contributed by atoms with van der Waals surface area (Å²) in [4.78, 5) is 20.2. The van der Waals surface area contributed by atoms with E-state index in [1.165, 1.54) is 0 Å². The fourth-order valence-electron chi connectivity index (χ4n) is 0.370. The van der Waals surface area contributed by atoms with Crippen LogP contribution >= 0.6 is 0 Å². The molecule has 64 valence electrons. The number of hydrazine groups is 1. The third-order valence-electron chi connectivity index (χ3n) is 0.835. The Hall–Kier alpha value is -1.14. The van der Waals surface area contributed by atoms with Crippen LogP contribution in [0.1, 0.15) is 6.42 Å². The van der Waals surface area contributed by atoms with Crippen LogP contribution in [0.2, 0.25) is 0 Å². The number of carboxylic acids is 1. The zero-order chi connectivity index (χ0) is 8.69. The van der Waals surface area contributed by atoms with Crippen molar-refractivity contribution in [3.05, 3.63) is 0 Å². The average molecular weight is 162 g/mol. The number of aliphatic hydroxyl groups excluding tert-OH is 1. The van der Waals surface area contributed by atoms with Gasteiger partial charge in [-0.05, 0) is 0 Å². The molecule has 0 aliphatic heterocycles. The molecule has 0 aromatic carbocycles. The minimum atomic E-state index is -0.948. The van der Waals surface area contributed by atoms with E-state index in [2.05, 4.69) is 10.9 Å². The molecule has 0 bridgehead atoms.